The van der Waals surface area contributed by atoms with Gasteiger partial charge in [0.15, 0.2) is 0 Å². The molecule has 3 aliphatic carbocycles. The maximum Gasteiger partial charge on any atom is 0.407 e. The Morgan fingerprint density at radius 1 is 0.767 bits per heavy atom. The van der Waals surface area contributed by atoms with E-state index in [1.54, 1.807) is 0 Å². The van der Waals surface area contributed by atoms with E-state index in [2.05, 4.69) is 52.0 Å². The van der Waals surface area contributed by atoms with Crippen molar-refractivity contribution in [2.24, 2.45) is 22.7 Å². The zero-order chi connectivity index (χ0) is 42.0. The van der Waals surface area contributed by atoms with Crippen molar-refractivity contribution >= 4 is 35.3 Å². The summed E-state index contributed by atoms with van der Waals surface area (Å²) in [5.41, 5.74) is 10.9. The number of piperidine rings is 1. The molecule has 3 aromatic rings. The van der Waals surface area contributed by atoms with Gasteiger partial charge in [-0.3, -0.25) is 14.6 Å². The monoisotopic (exact) mass is 815 g/mol. The fourth-order valence-electron chi connectivity index (χ4n) is 11.0. The number of hydrogen-bond donors (Lipinski definition) is 3. The van der Waals surface area contributed by atoms with E-state index in [0.29, 0.717) is 30.7 Å². The number of H-pyrrole nitrogens is 1. The molecule has 2 saturated carbocycles. The Morgan fingerprint density at radius 3 is 2.07 bits per heavy atom. The van der Waals surface area contributed by atoms with E-state index in [0.717, 1.165) is 48.5 Å². The number of amides is 4. The van der Waals surface area contributed by atoms with Crippen molar-refractivity contribution in [3.8, 4) is 22.4 Å². The molecule has 0 radical (unpaired) electrons. The van der Waals surface area contributed by atoms with Crippen LogP contribution < -0.4 is 10.6 Å². The van der Waals surface area contributed by atoms with Crippen LogP contribution >= 0.6 is 0 Å². The highest BCUT2D eigenvalue weighted by Gasteiger charge is 2.56. The average Bonchev–Trinajstić information content (AvgIpc) is 4.01. The van der Waals surface area contributed by atoms with Gasteiger partial charge in [-0.25, -0.2) is 14.6 Å². The number of nitrogens with zero attached hydrogens (tertiary/aromatic N) is 4. The van der Waals surface area contributed by atoms with Gasteiger partial charge in [-0.2, -0.15) is 0 Å². The van der Waals surface area contributed by atoms with E-state index < -0.39 is 24.3 Å². The molecule has 13 nitrogen and oxygen atoms in total. The molecule has 4 amide bonds. The topological polar surface area (TPSA) is 158 Å². The summed E-state index contributed by atoms with van der Waals surface area (Å²) in [6, 6.07) is 11.9. The molecular formula is C47H57N7O6. The van der Waals surface area contributed by atoms with Crippen LogP contribution in [0, 0.1) is 17.8 Å². The number of methoxy groups -OCH3 is 2. The number of carbonyl (C=O) groups excluding carboxylic acids is 4. The zero-order valence-corrected chi connectivity index (χ0v) is 35.5. The third-order valence-electron chi connectivity index (χ3n) is 14.1. The van der Waals surface area contributed by atoms with E-state index in [1.807, 2.05) is 49.9 Å². The highest BCUT2D eigenvalue weighted by molar-refractivity contribution is 6.04. The Hall–Kier alpha value is -5.46. The van der Waals surface area contributed by atoms with Crippen LogP contribution in [0.1, 0.15) is 119 Å². The maximum absolute atomic E-state index is 13.9. The SMILES string of the molecule is COC(=O)NC(C(=O)N1CCCC1C1=NC=C(c2ccc(-c3ccc(-c4cnc(C5CC6CC6N5C(=O)C(NC(=O)OC)C(C)C)[nH]4)cc3)c3c2C2CCC3C2)C1)C(C)C. The number of nitrogens with one attached hydrogen (secondary N) is 3. The largest absolute Gasteiger partial charge is 0.453 e. The lowest BCUT2D eigenvalue weighted by molar-refractivity contribution is -0.137. The van der Waals surface area contributed by atoms with E-state index in [4.69, 9.17) is 19.5 Å². The number of hydrogen-bond acceptors (Lipinski definition) is 8. The lowest BCUT2D eigenvalue weighted by Crippen LogP contribution is -2.53. The van der Waals surface area contributed by atoms with Gasteiger partial charge >= 0.3 is 12.2 Å². The van der Waals surface area contributed by atoms with Crippen molar-refractivity contribution in [1.29, 1.82) is 0 Å². The van der Waals surface area contributed by atoms with Crippen LogP contribution in [0.2, 0.25) is 0 Å². The lowest BCUT2D eigenvalue weighted by atomic mass is 9.81. The first-order chi connectivity index (χ1) is 28.9. The first kappa shape index (κ1) is 40.0. The lowest BCUT2D eigenvalue weighted by Gasteiger charge is -2.31. The van der Waals surface area contributed by atoms with Crippen LogP contribution in [-0.4, -0.2) is 94.4 Å². The molecular weight excluding hydrogens is 759 g/mol. The fourth-order valence-corrected chi connectivity index (χ4v) is 11.0. The second-order valence-electron chi connectivity index (χ2n) is 18.4. The van der Waals surface area contributed by atoms with Gasteiger partial charge in [0.05, 0.1) is 38.2 Å². The Morgan fingerprint density at radius 2 is 1.40 bits per heavy atom. The summed E-state index contributed by atoms with van der Waals surface area (Å²) in [5.74, 6) is 1.96. The first-order valence-corrected chi connectivity index (χ1v) is 21.9. The minimum atomic E-state index is -0.672. The van der Waals surface area contributed by atoms with Gasteiger partial charge < -0.3 is 34.9 Å². The summed E-state index contributed by atoms with van der Waals surface area (Å²) in [4.78, 5) is 69.1. The van der Waals surface area contributed by atoms with Crippen molar-refractivity contribution < 1.29 is 28.7 Å². The Kier molecular flexibility index (Phi) is 10.6. The van der Waals surface area contributed by atoms with Crippen LogP contribution in [0.4, 0.5) is 9.59 Å². The second kappa shape index (κ2) is 15.9. The average molecular weight is 816 g/mol. The van der Waals surface area contributed by atoms with Crippen LogP contribution in [0.15, 0.2) is 53.8 Å². The van der Waals surface area contributed by atoms with Gasteiger partial charge in [-0.1, -0.05) is 64.1 Å². The molecule has 0 spiro atoms. The Labute approximate surface area is 351 Å². The predicted octanol–water partition coefficient (Wildman–Crippen LogP) is 7.71. The van der Waals surface area contributed by atoms with Crippen molar-refractivity contribution in [2.45, 2.75) is 121 Å². The third-order valence-corrected chi connectivity index (χ3v) is 14.1. The number of allylic oxidation sites excluding steroid dienone is 1. The summed E-state index contributed by atoms with van der Waals surface area (Å²) < 4.78 is 9.65. The van der Waals surface area contributed by atoms with Gasteiger partial charge in [0.2, 0.25) is 11.8 Å². The van der Waals surface area contributed by atoms with Crippen LogP contribution in [0.3, 0.4) is 0 Å². The minimum absolute atomic E-state index is 0.0783. The number of aromatic amines is 1. The van der Waals surface area contributed by atoms with Crippen molar-refractivity contribution in [3.05, 3.63) is 71.3 Å². The molecule has 9 rings (SSSR count). The number of aliphatic imine (C=N–C) groups is 1. The van der Waals surface area contributed by atoms with Gasteiger partial charge in [-0.15, -0.1) is 0 Å². The van der Waals surface area contributed by atoms with Crippen molar-refractivity contribution in [1.82, 2.24) is 30.4 Å². The molecule has 13 heteroatoms. The van der Waals surface area contributed by atoms with Crippen LogP contribution in [0.5, 0.6) is 0 Å². The van der Waals surface area contributed by atoms with Crippen LogP contribution in [-0.2, 0) is 19.1 Å². The number of ether oxygens (including phenoxy) is 2. The zero-order valence-electron chi connectivity index (χ0n) is 35.5. The quantitative estimate of drug-likeness (QED) is 0.179. The molecule has 4 fully saturated rings. The molecule has 1 aromatic heterocycles. The normalized spacial score (nSPS) is 25.8. The molecule has 4 heterocycles. The highest BCUT2D eigenvalue weighted by atomic mass is 16.5. The smallest absolute Gasteiger partial charge is 0.407 e. The number of likely N-dealkylation sites (tertiary alicyclic amines) is 2. The molecule has 316 valence electrons. The number of aromatic nitrogens is 2. The number of carbonyl (C=O) groups is 4. The summed E-state index contributed by atoms with van der Waals surface area (Å²) in [6.07, 6.45) is 10.6. The third kappa shape index (κ3) is 7.07. The maximum atomic E-state index is 13.9. The number of benzene rings is 2. The number of imidazole rings is 1. The molecule has 2 saturated heterocycles. The Balaban J connectivity index is 0.914. The van der Waals surface area contributed by atoms with E-state index in [1.165, 1.54) is 66.9 Å². The molecule has 8 atom stereocenters. The highest BCUT2D eigenvalue weighted by Crippen LogP contribution is 2.58. The first-order valence-electron chi connectivity index (χ1n) is 21.9. The summed E-state index contributed by atoms with van der Waals surface area (Å²) in [7, 11) is 2.63. The van der Waals surface area contributed by atoms with Gasteiger partial charge in [0.25, 0.3) is 0 Å². The standard InChI is InChI=1S/C47H57N7O6/c1-24(2)41(51-46(57)59-5)44(55)53-17-7-8-36(53)34-19-31(22-48-34)33-16-15-32(39-28-13-14-29(18-28)40(33)39)26-9-11-27(12-10-26)35-23-49-43(50-35)38-21-30-20-37(30)54(38)45(56)42(25(3)4)52-47(58)60-6/h9-12,15-16,22-25,28-30,36-38,41-42H,7-8,13-14,17-21H2,1-6H3,(H,49,50)(H,51,57)(H,52,58). The van der Waals surface area contributed by atoms with Crippen LogP contribution in [0.25, 0.3) is 28.0 Å². The van der Waals surface area contributed by atoms with Gasteiger partial charge in [0.1, 0.15) is 17.9 Å². The Bertz CT molecular complexity index is 2260. The second-order valence-corrected chi connectivity index (χ2v) is 18.4. The number of fused-ring (bicyclic) bond motifs is 6. The molecule has 2 aromatic carbocycles. The van der Waals surface area contributed by atoms with Crippen molar-refractivity contribution in [3.63, 3.8) is 0 Å². The van der Waals surface area contributed by atoms with Gasteiger partial charge in [-0.05, 0) is 113 Å². The molecule has 3 aliphatic heterocycles. The summed E-state index contributed by atoms with van der Waals surface area (Å²) in [6.45, 7) is 8.39. The summed E-state index contributed by atoms with van der Waals surface area (Å²) >= 11 is 0. The molecule has 8 unspecified atom stereocenters. The number of alkyl carbamates (subject to hydrolysis) is 2. The van der Waals surface area contributed by atoms with E-state index >= 15 is 0 Å². The molecule has 6 aliphatic rings. The molecule has 2 bridgehead atoms. The molecule has 3 N–H and O–H groups in total. The fraction of sp³-hybridized carbons (Fsp3) is 0.532. The number of rotatable bonds is 11. The molecule has 60 heavy (non-hydrogen) atoms. The van der Waals surface area contributed by atoms with Gasteiger partial charge in [0, 0.05) is 30.9 Å². The van der Waals surface area contributed by atoms with E-state index in [9.17, 15) is 19.2 Å². The minimum Gasteiger partial charge on any atom is -0.453 e. The van der Waals surface area contributed by atoms with Crippen molar-refractivity contribution in [2.75, 3.05) is 20.8 Å². The summed E-state index contributed by atoms with van der Waals surface area (Å²) in [5, 5.41) is 5.52. The predicted molar refractivity (Wildman–Crippen MR) is 228 cm³/mol. The van der Waals surface area contributed by atoms with E-state index in [-0.39, 0.29) is 41.8 Å².